The van der Waals surface area contributed by atoms with Crippen molar-refractivity contribution in [2.24, 2.45) is 5.92 Å². The van der Waals surface area contributed by atoms with Gasteiger partial charge in [-0.25, -0.2) is 0 Å². The molecule has 1 fully saturated rings. The third-order valence-electron chi connectivity index (χ3n) is 3.88. The molecule has 0 aliphatic carbocycles. The first-order valence-corrected chi connectivity index (χ1v) is 7.21. The maximum Gasteiger partial charge on any atom is 0.269 e. The predicted molar refractivity (Wildman–Crippen MR) is 83.8 cm³/mol. The molecule has 6 heteroatoms. The summed E-state index contributed by atoms with van der Waals surface area (Å²) in [5.41, 5.74) is 1.30. The molecular formula is C17H14N2O4. The van der Waals surface area contributed by atoms with Crippen molar-refractivity contribution in [3.63, 3.8) is 0 Å². The molecule has 0 radical (unpaired) electrons. The van der Waals surface area contributed by atoms with Crippen molar-refractivity contribution < 1.29 is 14.5 Å². The van der Waals surface area contributed by atoms with E-state index >= 15 is 0 Å². The van der Waals surface area contributed by atoms with Crippen LogP contribution < -0.4 is 4.90 Å². The highest BCUT2D eigenvalue weighted by Crippen LogP contribution is 2.29. The number of carbonyl (C=O) groups is 2. The average molecular weight is 310 g/mol. The number of anilines is 1. The molecule has 1 saturated heterocycles. The van der Waals surface area contributed by atoms with E-state index in [2.05, 4.69) is 0 Å². The Kier molecular flexibility index (Phi) is 3.89. The number of hydrogen-bond donors (Lipinski definition) is 0. The number of hydrogen-bond acceptors (Lipinski definition) is 4. The Bertz CT molecular complexity index is 756. The first-order chi connectivity index (χ1) is 11.1. The van der Waals surface area contributed by atoms with Gasteiger partial charge in [-0.3, -0.25) is 24.6 Å². The lowest BCUT2D eigenvalue weighted by Gasteiger charge is -2.15. The van der Waals surface area contributed by atoms with E-state index in [0.717, 1.165) is 10.5 Å². The second-order valence-corrected chi connectivity index (χ2v) is 5.43. The third-order valence-corrected chi connectivity index (χ3v) is 3.88. The second kappa shape index (κ2) is 6.00. The molecule has 0 aromatic heterocycles. The van der Waals surface area contributed by atoms with Gasteiger partial charge >= 0.3 is 0 Å². The Morgan fingerprint density at radius 1 is 1.04 bits per heavy atom. The van der Waals surface area contributed by atoms with Crippen molar-refractivity contribution >= 4 is 23.2 Å². The zero-order valence-electron chi connectivity index (χ0n) is 12.2. The first kappa shape index (κ1) is 14.9. The van der Waals surface area contributed by atoms with Gasteiger partial charge in [0, 0.05) is 18.6 Å². The summed E-state index contributed by atoms with van der Waals surface area (Å²) in [6.45, 7) is 0. The van der Waals surface area contributed by atoms with Crippen LogP contribution in [0.3, 0.4) is 0 Å². The van der Waals surface area contributed by atoms with Gasteiger partial charge in [0.2, 0.25) is 11.8 Å². The van der Waals surface area contributed by atoms with Crippen molar-refractivity contribution in [2.75, 3.05) is 4.90 Å². The molecule has 1 aliphatic rings. The van der Waals surface area contributed by atoms with Crippen LogP contribution in [0.25, 0.3) is 0 Å². The number of non-ortho nitro benzene ring substituents is 1. The van der Waals surface area contributed by atoms with Crippen LogP contribution in [0.5, 0.6) is 0 Å². The zero-order chi connectivity index (χ0) is 16.4. The molecule has 23 heavy (non-hydrogen) atoms. The van der Waals surface area contributed by atoms with E-state index in [1.54, 1.807) is 0 Å². The fraction of sp³-hybridized carbons (Fsp3) is 0.176. The molecular weight excluding hydrogens is 296 g/mol. The first-order valence-electron chi connectivity index (χ1n) is 7.21. The Morgan fingerprint density at radius 2 is 1.70 bits per heavy atom. The molecule has 1 atom stereocenters. The summed E-state index contributed by atoms with van der Waals surface area (Å²) in [4.78, 5) is 36.0. The van der Waals surface area contributed by atoms with E-state index < -0.39 is 4.92 Å². The van der Waals surface area contributed by atoms with E-state index in [0.29, 0.717) is 12.1 Å². The van der Waals surface area contributed by atoms with Crippen molar-refractivity contribution in [1.29, 1.82) is 0 Å². The maximum absolute atomic E-state index is 12.5. The van der Waals surface area contributed by atoms with Crippen LogP contribution in [0.2, 0.25) is 0 Å². The summed E-state index contributed by atoms with van der Waals surface area (Å²) < 4.78 is 0. The molecule has 1 heterocycles. The van der Waals surface area contributed by atoms with Gasteiger partial charge in [-0.05, 0) is 24.1 Å². The Balaban J connectivity index is 1.79. The van der Waals surface area contributed by atoms with Gasteiger partial charge in [-0.1, -0.05) is 30.3 Å². The fourth-order valence-electron chi connectivity index (χ4n) is 2.75. The standard InChI is InChI=1S/C17H14N2O4/c20-16-11-13(10-12-4-2-1-3-5-12)17(21)18(16)14-6-8-15(9-7-14)19(22)23/h1-9,13H,10-11H2/t13-/m1/s1. The number of nitro benzene ring substituents is 1. The van der Waals surface area contributed by atoms with E-state index in [1.807, 2.05) is 30.3 Å². The van der Waals surface area contributed by atoms with Crippen LogP contribution in [0.15, 0.2) is 54.6 Å². The number of nitrogens with zero attached hydrogens (tertiary/aromatic N) is 2. The van der Waals surface area contributed by atoms with E-state index in [4.69, 9.17) is 0 Å². The largest absolute Gasteiger partial charge is 0.274 e. The van der Waals surface area contributed by atoms with Crippen LogP contribution in [0, 0.1) is 16.0 Å². The van der Waals surface area contributed by atoms with Gasteiger partial charge in [0.15, 0.2) is 0 Å². The highest BCUT2D eigenvalue weighted by molar-refractivity contribution is 6.21. The molecule has 2 amide bonds. The topological polar surface area (TPSA) is 80.5 Å². The van der Waals surface area contributed by atoms with Gasteiger partial charge < -0.3 is 0 Å². The fourth-order valence-corrected chi connectivity index (χ4v) is 2.75. The number of benzene rings is 2. The summed E-state index contributed by atoms with van der Waals surface area (Å²) >= 11 is 0. The molecule has 0 bridgehead atoms. The van der Waals surface area contributed by atoms with Crippen LogP contribution in [-0.2, 0) is 16.0 Å². The smallest absolute Gasteiger partial charge is 0.269 e. The van der Waals surface area contributed by atoms with Gasteiger partial charge in [0.1, 0.15) is 0 Å². The predicted octanol–water partition coefficient (Wildman–Crippen LogP) is 2.72. The summed E-state index contributed by atoms with van der Waals surface area (Å²) in [6, 6.07) is 15.0. The van der Waals surface area contributed by atoms with Crippen LogP contribution >= 0.6 is 0 Å². The highest BCUT2D eigenvalue weighted by atomic mass is 16.6. The molecule has 0 saturated carbocycles. The minimum absolute atomic E-state index is 0.0753. The van der Waals surface area contributed by atoms with E-state index in [1.165, 1.54) is 24.3 Å². The van der Waals surface area contributed by atoms with Crippen LogP contribution in [0.1, 0.15) is 12.0 Å². The molecule has 2 aromatic carbocycles. The molecule has 0 N–H and O–H groups in total. The molecule has 1 aliphatic heterocycles. The Labute approximate surface area is 132 Å². The Morgan fingerprint density at radius 3 is 2.30 bits per heavy atom. The van der Waals surface area contributed by atoms with Gasteiger partial charge in [0.25, 0.3) is 5.69 Å². The summed E-state index contributed by atoms with van der Waals surface area (Å²) in [5, 5.41) is 10.7. The normalized spacial score (nSPS) is 17.6. The molecule has 6 nitrogen and oxygen atoms in total. The van der Waals surface area contributed by atoms with Gasteiger partial charge in [-0.2, -0.15) is 0 Å². The number of rotatable bonds is 4. The lowest BCUT2D eigenvalue weighted by Crippen LogP contribution is -2.30. The quantitative estimate of drug-likeness (QED) is 0.494. The molecule has 3 rings (SSSR count). The molecule has 2 aromatic rings. The third kappa shape index (κ3) is 2.96. The zero-order valence-corrected chi connectivity index (χ0v) is 12.2. The number of nitro groups is 1. The highest BCUT2D eigenvalue weighted by Gasteiger charge is 2.39. The SMILES string of the molecule is O=C1C[C@@H](Cc2ccccc2)C(=O)N1c1ccc([N+](=O)[O-])cc1. The maximum atomic E-state index is 12.5. The molecule has 0 unspecified atom stereocenters. The van der Waals surface area contributed by atoms with Crippen molar-refractivity contribution in [3.05, 3.63) is 70.3 Å². The van der Waals surface area contributed by atoms with Crippen LogP contribution in [-0.4, -0.2) is 16.7 Å². The number of carbonyl (C=O) groups excluding carboxylic acids is 2. The average Bonchev–Trinajstić information content (AvgIpc) is 2.82. The van der Waals surface area contributed by atoms with E-state index in [9.17, 15) is 19.7 Å². The van der Waals surface area contributed by atoms with Gasteiger partial charge in [-0.15, -0.1) is 0 Å². The second-order valence-electron chi connectivity index (χ2n) is 5.43. The summed E-state index contributed by atoms with van der Waals surface area (Å²) in [5.74, 6) is -0.919. The monoisotopic (exact) mass is 310 g/mol. The lowest BCUT2D eigenvalue weighted by molar-refractivity contribution is -0.384. The van der Waals surface area contributed by atoms with Crippen molar-refractivity contribution in [3.8, 4) is 0 Å². The lowest BCUT2D eigenvalue weighted by atomic mass is 9.98. The van der Waals surface area contributed by atoms with Crippen LogP contribution in [0.4, 0.5) is 11.4 Å². The summed E-state index contributed by atoms with van der Waals surface area (Å²) in [6.07, 6.45) is 0.666. The minimum Gasteiger partial charge on any atom is -0.274 e. The van der Waals surface area contributed by atoms with E-state index in [-0.39, 0.29) is 29.8 Å². The molecule has 116 valence electrons. The minimum atomic E-state index is -0.518. The Hall–Kier alpha value is -3.02. The summed E-state index contributed by atoms with van der Waals surface area (Å²) in [7, 11) is 0. The van der Waals surface area contributed by atoms with Crippen molar-refractivity contribution in [2.45, 2.75) is 12.8 Å². The number of imide groups is 1. The van der Waals surface area contributed by atoms with Crippen molar-refractivity contribution in [1.82, 2.24) is 0 Å². The molecule has 0 spiro atoms. The van der Waals surface area contributed by atoms with Gasteiger partial charge in [0.05, 0.1) is 16.5 Å². The number of amides is 2.